The predicted octanol–water partition coefficient (Wildman–Crippen LogP) is 5.43. The van der Waals surface area contributed by atoms with E-state index >= 15 is 0 Å². The van der Waals surface area contributed by atoms with Crippen molar-refractivity contribution in [3.05, 3.63) is 88.9 Å². The van der Waals surface area contributed by atoms with Crippen LogP contribution < -0.4 is 16.4 Å². The number of likely N-dealkylation sites (tertiary alicyclic amines) is 1. The summed E-state index contributed by atoms with van der Waals surface area (Å²) in [6.45, 7) is 15.7. The molecule has 2 aromatic rings. The summed E-state index contributed by atoms with van der Waals surface area (Å²) in [5.74, 6) is 0.395. The Morgan fingerprint density at radius 2 is 1.97 bits per heavy atom. The lowest BCUT2D eigenvalue weighted by Gasteiger charge is -2.21. The number of nitrogens with two attached hydrogens (primary N) is 1. The van der Waals surface area contributed by atoms with Crippen molar-refractivity contribution < 1.29 is 4.39 Å². The van der Waals surface area contributed by atoms with Gasteiger partial charge in [-0.25, -0.2) is 9.38 Å². The third-order valence-electron chi connectivity index (χ3n) is 6.15. The van der Waals surface area contributed by atoms with E-state index in [1.54, 1.807) is 6.07 Å². The SMILES string of the molecule is C=N/C(N)=C(\SCNc1ccc(C(=C)NCC2CCCN2C)cc1)C(=C)c1c(C)cccc1F. The fourth-order valence-electron chi connectivity index (χ4n) is 4.08. The standard InChI is InChI=1S/C27H34FN5S/c1-18-8-6-10-24(28)25(18)19(2)26(27(29)30-4)34-17-32-22-13-11-21(12-14-22)20(3)31-16-23-9-7-15-33(23)5/h6,8,10-14,23,31-32H,2-4,7,9,15-17,29H2,1,5H3/b27-26-. The zero-order valence-electron chi connectivity index (χ0n) is 20.0. The number of aryl methyl sites for hydroxylation is 1. The molecule has 0 saturated carbocycles. The molecule has 1 unspecified atom stereocenters. The lowest BCUT2D eigenvalue weighted by molar-refractivity contribution is 0.309. The number of likely N-dealkylation sites (N-methyl/N-ethyl adjacent to an activating group) is 1. The second-order valence-electron chi connectivity index (χ2n) is 8.46. The Morgan fingerprint density at radius 3 is 2.59 bits per heavy atom. The van der Waals surface area contributed by atoms with Gasteiger partial charge in [-0.05, 0) is 75.0 Å². The highest BCUT2D eigenvalue weighted by Gasteiger charge is 2.20. The lowest BCUT2D eigenvalue weighted by atomic mass is 10.0. The molecule has 5 nitrogen and oxygen atoms in total. The van der Waals surface area contributed by atoms with Gasteiger partial charge in [0, 0.05) is 29.5 Å². The highest BCUT2D eigenvalue weighted by Crippen LogP contribution is 2.35. The van der Waals surface area contributed by atoms with Gasteiger partial charge in [-0.15, -0.1) is 11.8 Å². The molecule has 1 saturated heterocycles. The Labute approximate surface area is 206 Å². The van der Waals surface area contributed by atoms with Crippen molar-refractivity contribution in [1.82, 2.24) is 10.2 Å². The van der Waals surface area contributed by atoms with Crippen LogP contribution in [0, 0.1) is 12.7 Å². The summed E-state index contributed by atoms with van der Waals surface area (Å²) in [4.78, 5) is 6.85. The van der Waals surface area contributed by atoms with Gasteiger partial charge in [-0.3, -0.25) is 0 Å². The molecule has 0 bridgehead atoms. The molecule has 1 aliphatic heterocycles. The molecule has 34 heavy (non-hydrogen) atoms. The number of nitrogens with one attached hydrogen (secondary N) is 2. The van der Waals surface area contributed by atoms with Crippen LogP contribution in [0.5, 0.6) is 0 Å². The maximum absolute atomic E-state index is 14.5. The molecule has 0 aliphatic carbocycles. The summed E-state index contributed by atoms with van der Waals surface area (Å²) in [6.07, 6.45) is 2.48. The highest BCUT2D eigenvalue weighted by atomic mass is 32.2. The molecule has 0 spiro atoms. The minimum absolute atomic E-state index is 0.227. The number of anilines is 1. The van der Waals surface area contributed by atoms with Gasteiger partial charge in [-0.2, -0.15) is 0 Å². The molecule has 1 heterocycles. The quantitative estimate of drug-likeness (QED) is 0.228. The van der Waals surface area contributed by atoms with Crippen LogP contribution in [0.3, 0.4) is 0 Å². The third kappa shape index (κ3) is 6.30. The molecule has 1 fully saturated rings. The van der Waals surface area contributed by atoms with E-state index in [4.69, 9.17) is 5.73 Å². The van der Waals surface area contributed by atoms with Crippen LogP contribution in [0.2, 0.25) is 0 Å². The fraction of sp³-hybridized carbons (Fsp3) is 0.296. The van der Waals surface area contributed by atoms with Crippen molar-refractivity contribution in [2.24, 2.45) is 10.7 Å². The highest BCUT2D eigenvalue weighted by molar-refractivity contribution is 8.03. The van der Waals surface area contributed by atoms with Crippen LogP contribution in [0.15, 0.2) is 71.3 Å². The smallest absolute Gasteiger partial charge is 0.136 e. The lowest BCUT2D eigenvalue weighted by Crippen LogP contribution is -2.34. The summed E-state index contributed by atoms with van der Waals surface area (Å²) < 4.78 is 14.5. The van der Waals surface area contributed by atoms with Gasteiger partial charge >= 0.3 is 0 Å². The van der Waals surface area contributed by atoms with Gasteiger partial charge in [0.2, 0.25) is 0 Å². The zero-order chi connectivity index (χ0) is 24.7. The average molecular weight is 480 g/mol. The molecule has 180 valence electrons. The Kier molecular flexibility index (Phi) is 8.96. The van der Waals surface area contributed by atoms with Gasteiger partial charge in [0.05, 0.1) is 10.8 Å². The van der Waals surface area contributed by atoms with Gasteiger partial charge in [0.15, 0.2) is 0 Å². The first kappa shape index (κ1) is 25.6. The second kappa shape index (κ2) is 11.9. The molecule has 0 aromatic heterocycles. The molecule has 1 aliphatic rings. The Balaban J connectivity index is 1.58. The van der Waals surface area contributed by atoms with Crippen LogP contribution in [0.4, 0.5) is 10.1 Å². The number of aliphatic imine (C=N–C) groups is 1. The van der Waals surface area contributed by atoms with Crippen LogP contribution in [-0.4, -0.2) is 43.7 Å². The van der Waals surface area contributed by atoms with Crippen molar-refractivity contribution >= 4 is 35.4 Å². The van der Waals surface area contributed by atoms with E-state index in [1.165, 1.54) is 30.7 Å². The van der Waals surface area contributed by atoms with E-state index in [9.17, 15) is 4.39 Å². The van der Waals surface area contributed by atoms with Gasteiger partial charge in [0.1, 0.15) is 11.6 Å². The zero-order valence-corrected chi connectivity index (χ0v) is 20.9. The fourth-order valence-corrected chi connectivity index (χ4v) is 4.95. The summed E-state index contributed by atoms with van der Waals surface area (Å²) in [5, 5.41) is 6.83. The van der Waals surface area contributed by atoms with E-state index in [0.717, 1.165) is 35.6 Å². The number of hydrogen-bond acceptors (Lipinski definition) is 6. The molecule has 7 heteroatoms. The molecular weight excluding hydrogens is 445 g/mol. The average Bonchev–Trinajstić information content (AvgIpc) is 3.24. The van der Waals surface area contributed by atoms with Crippen molar-refractivity contribution in [3.63, 3.8) is 0 Å². The molecule has 3 rings (SSSR count). The molecule has 4 N–H and O–H groups in total. The maximum atomic E-state index is 14.5. The van der Waals surface area contributed by atoms with Gasteiger partial charge < -0.3 is 21.3 Å². The Hall–Kier alpha value is -3.03. The van der Waals surface area contributed by atoms with E-state index in [-0.39, 0.29) is 11.6 Å². The maximum Gasteiger partial charge on any atom is 0.136 e. The van der Waals surface area contributed by atoms with Crippen molar-refractivity contribution in [2.75, 3.05) is 31.3 Å². The summed E-state index contributed by atoms with van der Waals surface area (Å²) in [6, 6.07) is 13.6. The minimum Gasteiger partial charge on any atom is -0.383 e. The summed E-state index contributed by atoms with van der Waals surface area (Å²) >= 11 is 1.41. The monoisotopic (exact) mass is 479 g/mol. The number of allylic oxidation sites excluding steroid dienone is 1. The van der Waals surface area contributed by atoms with E-state index < -0.39 is 0 Å². The molecule has 1 atom stereocenters. The first-order valence-corrected chi connectivity index (χ1v) is 12.3. The van der Waals surface area contributed by atoms with Crippen LogP contribution >= 0.6 is 11.8 Å². The Morgan fingerprint density at radius 1 is 1.24 bits per heavy atom. The van der Waals surface area contributed by atoms with Crippen LogP contribution in [0.25, 0.3) is 11.3 Å². The molecule has 2 aromatic carbocycles. The predicted molar refractivity (Wildman–Crippen MR) is 146 cm³/mol. The molecule has 0 radical (unpaired) electrons. The van der Waals surface area contributed by atoms with E-state index in [0.29, 0.717) is 28.0 Å². The molecule has 0 amide bonds. The number of rotatable bonds is 11. The number of thioether (sulfide) groups is 1. The van der Waals surface area contributed by atoms with Crippen molar-refractivity contribution in [1.29, 1.82) is 0 Å². The Bertz CT molecular complexity index is 1060. The number of hydrogen-bond donors (Lipinski definition) is 3. The summed E-state index contributed by atoms with van der Waals surface area (Å²) in [7, 11) is 2.17. The molecular formula is C27H34FN5S. The van der Waals surface area contributed by atoms with Crippen molar-refractivity contribution in [2.45, 2.75) is 25.8 Å². The van der Waals surface area contributed by atoms with E-state index in [2.05, 4.69) is 47.4 Å². The third-order valence-corrected chi connectivity index (χ3v) is 7.18. The van der Waals surface area contributed by atoms with Crippen LogP contribution in [0.1, 0.15) is 29.5 Å². The van der Waals surface area contributed by atoms with E-state index in [1.807, 2.05) is 37.3 Å². The first-order chi connectivity index (χ1) is 16.3. The summed E-state index contributed by atoms with van der Waals surface area (Å²) in [5.41, 5.74) is 10.7. The topological polar surface area (TPSA) is 65.7 Å². The van der Waals surface area contributed by atoms with Crippen molar-refractivity contribution in [3.8, 4) is 0 Å². The first-order valence-electron chi connectivity index (χ1n) is 11.3. The number of nitrogens with zero attached hydrogens (tertiary/aromatic N) is 2. The number of halogens is 1. The van der Waals surface area contributed by atoms with Crippen LogP contribution in [-0.2, 0) is 0 Å². The minimum atomic E-state index is -0.336. The largest absolute Gasteiger partial charge is 0.383 e. The normalized spacial score (nSPS) is 16.6. The van der Waals surface area contributed by atoms with Gasteiger partial charge in [-0.1, -0.05) is 37.4 Å². The second-order valence-corrected chi connectivity index (χ2v) is 9.45. The number of benzene rings is 2. The van der Waals surface area contributed by atoms with Gasteiger partial charge in [0.25, 0.3) is 0 Å².